The third-order valence-electron chi connectivity index (χ3n) is 9.23. The second-order valence-electron chi connectivity index (χ2n) is 13.6. The molecule has 0 aromatic carbocycles. The van der Waals surface area contributed by atoms with Crippen LogP contribution < -0.4 is 0 Å². The van der Waals surface area contributed by atoms with Crippen LogP contribution in [0.15, 0.2) is 0 Å². The SMILES string of the molecule is CCCCCCCCCCCCCCCCCCCCC(C)CCCCCCCCCCCC(C)CCC. The van der Waals surface area contributed by atoms with Crippen LogP contribution in [0.3, 0.4) is 0 Å². The Labute approximate surface area is 244 Å². The maximum atomic E-state index is 2.51. The minimum absolute atomic E-state index is 0.959. The zero-order chi connectivity index (χ0) is 27.8. The van der Waals surface area contributed by atoms with Gasteiger partial charge in [-0.3, -0.25) is 0 Å². The summed E-state index contributed by atoms with van der Waals surface area (Å²) in [6, 6.07) is 0. The molecule has 2 atom stereocenters. The Bertz CT molecular complexity index is 399. The molecule has 0 aromatic heterocycles. The van der Waals surface area contributed by atoms with Crippen LogP contribution in [0.25, 0.3) is 0 Å². The highest BCUT2D eigenvalue weighted by molar-refractivity contribution is 4.57. The smallest absolute Gasteiger partial charge is 0.0443 e. The molecule has 0 aromatic rings. The molecule has 0 saturated heterocycles. The van der Waals surface area contributed by atoms with Crippen molar-refractivity contribution in [1.82, 2.24) is 0 Å². The van der Waals surface area contributed by atoms with Crippen LogP contribution in [-0.4, -0.2) is 0 Å². The molecule has 0 bridgehead atoms. The average molecular weight is 535 g/mol. The highest BCUT2D eigenvalue weighted by atomic mass is 14.1. The first kappa shape index (κ1) is 38.0. The lowest BCUT2D eigenvalue weighted by Gasteiger charge is -2.11. The highest BCUT2D eigenvalue weighted by Gasteiger charge is 2.03. The normalized spacial score (nSPS) is 13.3. The Hall–Kier alpha value is 0. The molecule has 0 aliphatic carbocycles. The average Bonchev–Trinajstić information content (AvgIpc) is 2.91. The van der Waals surface area contributed by atoms with E-state index in [0.29, 0.717) is 0 Å². The van der Waals surface area contributed by atoms with Gasteiger partial charge in [0.05, 0.1) is 0 Å². The first-order valence-corrected chi connectivity index (χ1v) is 18.7. The van der Waals surface area contributed by atoms with Crippen LogP contribution >= 0.6 is 0 Å². The Morgan fingerprint density at radius 3 is 0.684 bits per heavy atom. The molecular weight excluding hydrogens is 456 g/mol. The quantitative estimate of drug-likeness (QED) is 0.0734. The molecule has 0 saturated carbocycles. The Morgan fingerprint density at radius 1 is 0.237 bits per heavy atom. The second kappa shape index (κ2) is 33.2. The minimum Gasteiger partial charge on any atom is -0.0654 e. The molecule has 0 amide bonds. The van der Waals surface area contributed by atoms with Crippen molar-refractivity contribution >= 4 is 0 Å². The summed E-state index contributed by atoms with van der Waals surface area (Å²) in [7, 11) is 0. The molecule has 0 aliphatic heterocycles. The minimum atomic E-state index is 0.959. The monoisotopic (exact) mass is 535 g/mol. The van der Waals surface area contributed by atoms with Gasteiger partial charge >= 0.3 is 0 Å². The third kappa shape index (κ3) is 32.2. The van der Waals surface area contributed by atoms with E-state index in [4.69, 9.17) is 0 Å². The maximum absolute atomic E-state index is 2.51. The van der Waals surface area contributed by atoms with E-state index in [-0.39, 0.29) is 0 Å². The van der Waals surface area contributed by atoms with E-state index < -0.39 is 0 Å². The Morgan fingerprint density at radius 2 is 0.447 bits per heavy atom. The molecule has 0 nitrogen and oxygen atoms in total. The topological polar surface area (TPSA) is 0 Å². The summed E-state index contributed by atoms with van der Waals surface area (Å²) in [5.74, 6) is 1.92. The maximum Gasteiger partial charge on any atom is -0.0443 e. The summed E-state index contributed by atoms with van der Waals surface area (Å²) in [4.78, 5) is 0. The van der Waals surface area contributed by atoms with Crippen LogP contribution in [0.1, 0.15) is 233 Å². The van der Waals surface area contributed by atoms with Gasteiger partial charge in [-0.15, -0.1) is 0 Å². The third-order valence-corrected chi connectivity index (χ3v) is 9.23. The van der Waals surface area contributed by atoms with Gasteiger partial charge in [-0.1, -0.05) is 233 Å². The molecule has 0 fully saturated rings. The number of hydrogen-bond acceptors (Lipinski definition) is 0. The van der Waals surface area contributed by atoms with Gasteiger partial charge in [-0.2, -0.15) is 0 Å². The lowest BCUT2D eigenvalue weighted by molar-refractivity contribution is 0.428. The number of hydrogen-bond donors (Lipinski definition) is 0. The summed E-state index contributed by atoms with van der Waals surface area (Å²) in [6.45, 7) is 9.57. The van der Waals surface area contributed by atoms with Crippen molar-refractivity contribution in [1.29, 1.82) is 0 Å². The van der Waals surface area contributed by atoms with Crippen molar-refractivity contribution in [2.45, 2.75) is 233 Å². The Kier molecular flexibility index (Phi) is 33.2. The van der Waals surface area contributed by atoms with E-state index in [1.165, 1.54) is 205 Å². The molecule has 0 N–H and O–H groups in total. The zero-order valence-corrected chi connectivity index (χ0v) is 27.8. The molecule has 0 spiro atoms. The van der Waals surface area contributed by atoms with E-state index >= 15 is 0 Å². The van der Waals surface area contributed by atoms with E-state index in [1.54, 1.807) is 0 Å². The number of unbranched alkanes of at least 4 members (excludes halogenated alkanes) is 25. The van der Waals surface area contributed by atoms with Gasteiger partial charge < -0.3 is 0 Å². The number of rotatable bonds is 33. The second-order valence-corrected chi connectivity index (χ2v) is 13.6. The largest absolute Gasteiger partial charge is 0.0654 e. The highest BCUT2D eigenvalue weighted by Crippen LogP contribution is 2.20. The molecule has 0 heterocycles. The van der Waals surface area contributed by atoms with Crippen LogP contribution in [-0.2, 0) is 0 Å². The first-order chi connectivity index (χ1) is 18.7. The van der Waals surface area contributed by atoms with E-state index in [1.807, 2.05) is 0 Å². The van der Waals surface area contributed by atoms with Crippen LogP contribution in [0, 0.1) is 11.8 Å². The van der Waals surface area contributed by atoms with E-state index in [2.05, 4.69) is 27.7 Å². The van der Waals surface area contributed by atoms with Crippen molar-refractivity contribution in [3.05, 3.63) is 0 Å². The van der Waals surface area contributed by atoms with Crippen LogP contribution in [0.2, 0.25) is 0 Å². The fraction of sp³-hybridized carbons (Fsp3) is 1.00. The van der Waals surface area contributed by atoms with E-state index in [0.717, 1.165) is 11.8 Å². The van der Waals surface area contributed by atoms with Crippen molar-refractivity contribution in [3.63, 3.8) is 0 Å². The van der Waals surface area contributed by atoms with Crippen molar-refractivity contribution < 1.29 is 0 Å². The first-order valence-electron chi connectivity index (χ1n) is 18.7. The van der Waals surface area contributed by atoms with Gasteiger partial charge in [0.25, 0.3) is 0 Å². The molecule has 0 heteroatoms. The standard InChI is InChI=1S/C38H78/c1-5-7-8-9-10-11-12-13-14-15-16-17-18-19-21-25-28-31-35-38(4)36-32-29-26-23-20-22-24-27-30-34-37(3)33-6-2/h37-38H,5-36H2,1-4H3. The van der Waals surface area contributed by atoms with Gasteiger partial charge in [-0.25, -0.2) is 0 Å². The van der Waals surface area contributed by atoms with Crippen molar-refractivity contribution in [3.8, 4) is 0 Å². The fourth-order valence-electron chi connectivity index (χ4n) is 6.40. The van der Waals surface area contributed by atoms with Crippen molar-refractivity contribution in [2.75, 3.05) is 0 Å². The predicted molar refractivity (Wildman–Crippen MR) is 177 cm³/mol. The van der Waals surface area contributed by atoms with Crippen LogP contribution in [0.4, 0.5) is 0 Å². The van der Waals surface area contributed by atoms with Gasteiger partial charge in [0.2, 0.25) is 0 Å². The molecular formula is C38H78. The Balaban J connectivity index is 3.16. The zero-order valence-electron chi connectivity index (χ0n) is 27.8. The van der Waals surface area contributed by atoms with Gasteiger partial charge in [0.1, 0.15) is 0 Å². The molecule has 0 aliphatic rings. The molecule has 38 heavy (non-hydrogen) atoms. The summed E-state index contributed by atoms with van der Waals surface area (Å²) in [5.41, 5.74) is 0. The van der Waals surface area contributed by atoms with Gasteiger partial charge in [0, 0.05) is 0 Å². The van der Waals surface area contributed by atoms with Crippen LogP contribution in [0.5, 0.6) is 0 Å². The summed E-state index contributed by atoms with van der Waals surface area (Å²) < 4.78 is 0. The van der Waals surface area contributed by atoms with Crippen molar-refractivity contribution in [2.24, 2.45) is 11.8 Å². The van der Waals surface area contributed by atoms with E-state index in [9.17, 15) is 0 Å². The molecule has 0 rings (SSSR count). The van der Waals surface area contributed by atoms with Gasteiger partial charge in [0.15, 0.2) is 0 Å². The molecule has 0 radical (unpaired) electrons. The molecule has 2 unspecified atom stereocenters. The lowest BCUT2D eigenvalue weighted by atomic mass is 9.95. The predicted octanol–water partition coefficient (Wildman–Crippen LogP) is 14.8. The summed E-state index contributed by atoms with van der Waals surface area (Å²) in [6.07, 6.45) is 47.2. The van der Waals surface area contributed by atoms with Gasteiger partial charge in [-0.05, 0) is 11.8 Å². The lowest BCUT2D eigenvalue weighted by Crippen LogP contribution is -1.95. The fourth-order valence-corrected chi connectivity index (χ4v) is 6.40. The summed E-state index contributed by atoms with van der Waals surface area (Å²) >= 11 is 0. The summed E-state index contributed by atoms with van der Waals surface area (Å²) in [5, 5.41) is 0. The molecule has 230 valence electrons.